The van der Waals surface area contributed by atoms with Crippen LogP contribution in [0.25, 0.3) is 0 Å². The quantitative estimate of drug-likeness (QED) is 0.0443. The van der Waals surface area contributed by atoms with E-state index in [1.807, 2.05) is 42.5 Å². The first-order valence-electron chi connectivity index (χ1n) is 24.8. The fraction of sp³-hybridized carbons (Fsp3) is 0.630. The number of aliphatic imine (C=N–C) groups is 2. The summed E-state index contributed by atoms with van der Waals surface area (Å²) in [5.41, 5.74) is 2.38. The molecule has 0 aliphatic heterocycles. The standard InChI is InChI=1S/C54H84N2O5/c1-4-7-10-13-16-19-21-24-27-30-39-60-49-34-32-46(53(57)42-49)44-55-51-37-36-48(59-38-29-26-23-18-15-12-9-6-3)41-52(51)56-45-47-33-35-50(43-54(47)58)61-40-31-28-25-22-20-17-14-11-8-5-2/h32-37,41-45,57-58H,4-31,38-40H2,1-3H3. The van der Waals surface area contributed by atoms with Crippen LogP contribution in [0.15, 0.2) is 64.6 Å². The van der Waals surface area contributed by atoms with Gasteiger partial charge in [0.1, 0.15) is 28.7 Å². The molecular weight excluding hydrogens is 757 g/mol. The number of hydrogen-bond acceptors (Lipinski definition) is 7. The molecule has 7 heteroatoms. The zero-order chi connectivity index (χ0) is 43.4. The fourth-order valence-electron chi connectivity index (χ4n) is 7.51. The first-order chi connectivity index (χ1) is 30.0. The van der Waals surface area contributed by atoms with Gasteiger partial charge in [0.25, 0.3) is 0 Å². The Hall–Kier alpha value is -4.00. The SMILES string of the molecule is CCCCCCCCCCCCOc1ccc(C=Nc2ccc(OCCCCCCCCCC)cc2N=Cc2ccc(OCCCCCCCCCCCC)cc2O)c(O)c1. The largest absolute Gasteiger partial charge is 0.507 e. The van der Waals surface area contributed by atoms with Crippen molar-refractivity contribution in [2.24, 2.45) is 9.98 Å². The third-order valence-electron chi connectivity index (χ3n) is 11.4. The number of rotatable bonds is 38. The average Bonchev–Trinajstić information content (AvgIpc) is 3.26. The van der Waals surface area contributed by atoms with Crippen molar-refractivity contribution in [3.8, 4) is 28.7 Å². The number of phenolic OH excluding ortho intramolecular Hbond substituents is 2. The van der Waals surface area contributed by atoms with Crippen molar-refractivity contribution in [1.82, 2.24) is 0 Å². The normalized spacial score (nSPS) is 11.6. The van der Waals surface area contributed by atoms with Crippen LogP contribution in [-0.4, -0.2) is 42.5 Å². The summed E-state index contributed by atoms with van der Waals surface area (Å²) in [6, 6.07) is 16.4. The number of phenols is 2. The maximum atomic E-state index is 10.9. The lowest BCUT2D eigenvalue weighted by atomic mass is 10.1. The van der Waals surface area contributed by atoms with Gasteiger partial charge < -0.3 is 24.4 Å². The molecule has 0 amide bonds. The van der Waals surface area contributed by atoms with Crippen LogP contribution in [0.4, 0.5) is 11.4 Å². The summed E-state index contributed by atoms with van der Waals surface area (Å²) in [6.45, 7) is 8.70. The van der Waals surface area contributed by atoms with Crippen LogP contribution in [0.1, 0.15) is 212 Å². The summed E-state index contributed by atoms with van der Waals surface area (Å²) in [4.78, 5) is 9.52. The highest BCUT2D eigenvalue weighted by Gasteiger charge is 2.08. The number of benzene rings is 3. The van der Waals surface area contributed by atoms with Crippen LogP contribution in [-0.2, 0) is 0 Å². The van der Waals surface area contributed by atoms with E-state index in [9.17, 15) is 10.2 Å². The van der Waals surface area contributed by atoms with Crippen molar-refractivity contribution in [2.45, 2.75) is 201 Å². The summed E-state index contributed by atoms with van der Waals surface area (Å²) in [5, 5.41) is 21.8. The number of unbranched alkanes of at least 4 members (excludes halogenated alkanes) is 25. The highest BCUT2D eigenvalue weighted by Crippen LogP contribution is 2.34. The van der Waals surface area contributed by atoms with Gasteiger partial charge >= 0.3 is 0 Å². The second-order valence-corrected chi connectivity index (χ2v) is 17.0. The minimum atomic E-state index is 0.108. The zero-order valence-corrected chi connectivity index (χ0v) is 38.8. The van der Waals surface area contributed by atoms with E-state index in [2.05, 4.69) is 20.8 Å². The Morgan fingerprint density at radius 1 is 0.361 bits per heavy atom. The number of hydrogen-bond donors (Lipinski definition) is 2. The summed E-state index contributed by atoms with van der Waals surface area (Å²) in [6.07, 6.45) is 38.9. The predicted molar refractivity (Wildman–Crippen MR) is 260 cm³/mol. The molecule has 0 bridgehead atoms. The lowest BCUT2D eigenvalue weighted by molar-refractivity contribution is 0.302. The minimum absolute atomic E-state index is 0.108. The molecule has 0 aromatic heterocycles. The summed E-state index contributed by atoms with van der Waals surface area (Å²) in [5.74, 6) is 2.25. The van der Waals surface area contributed by atoms with Gasteiger partial charge in [-0.1, -0.05) is 181 Å². The molecule has 0 aliphatic carbocycles. The van der Waals surface area contributed by atoms with Gasteiger partial charge in [-0.25, -0.2) is 0 Å². The Morgan fingerprint density at radius 2 is 0.656 bits per heavy atom. The molecule has 3 rings (SSSR count). The Labute approximate surface area is 371 Å². The van der Waals surface area contributed by atoms with Crippen molar-refractivity contribution >= 4 is 23.8 Å². The molecule has 0 radical (unpaired) electrons. The zero-order valence-electron chi connectivity index (χ0n) is 38.8. The van der Waals surface area contributed by atoms with E-state index in [4.69, 9.17) is 24.2 Å². The van der Waals surface area contributed by atoms with E-state index in [0.717, 1.165) is 37.9 Å². The molecule has 0 saturated heterocycles. The van der Waals surface area contributed by atoms with Crippen LogP contribution in [0.3, 0.4) is 0 Å². The molecule has 7 nitrogen and oxygen atoms in total. The van der Waals surface area contributed by atoms with Gasteiger partial charge in [0.05, 0.1) is 31.2 Å². The molecule has 0 fully saturated rings. The van der Waals surface area contributed by atoms with E-state index >= 15 is 0 Å². The maximum Gasteiger partial charge on any atom is 0.128 e. The highest BCUT2D eigenvalue weighted by molar-refractivity contribution is 5.90. The fourth-order valence-corrected chi connectivity index (χ4v) is 7.51. The van der Waals surface area contributed by atoms with Gasteiger partial charge in [0.15, 0.2) is 0 Å². The maximum absolute atomic E-state index is 10.9. The summed E-state index contributed by atoms with van der Waals surface area (Å²) in [7, 11) is 0. The Balaban J connectivity index is 1.55. The number of ether oxygens (including phenoxy) is 3. The molecule has 2 N–H and O–H groups in total. The first kappa shape index (κ1) is 51.4. The number of nitrogens with zero attached hydrogens (tertiary/aromatic N) is 2. The van der Waals surface area contributed by atoms with E-state index in [-0.39, 0.29) is 11.5 Å². The molecule has 61 heavy (non-hydrogen) atoms. The third kappa shape index (κ3) is 24.3. The van der Waals surface area contributed by atoms with Gasteiger partial charge in [-0.15, -0.1) is 0 Å². The van der Waals surface area contributed by atoms with Crippen molar-refractivity contribution in [3.63, 3.8) is 0 Å². The van der Waals surface area contributed by atoms with Crippen molar-refractivity contribution in [1.29, 1.82) is 0 Å². The summed E-state index contributed by atoms with van der Waals surface area (Å²) >= 11 is 0. The van der Waals surface area contributed by atoms with Gasteiger partial charge in [0, 0.05) is 41.8 Å². The Bertz CT molecular complexity index is 1600. The smallest absolute Gasteiger partial charge is 0.128 e. The lowest BCUT2D eigenvalue weighted by Gasteiger charge is -2.10. The molecule has 0 heterocycles. The molecule has 0 atom stereocenters. The van der Waals surface area contributed by atoms with Gasteiger partial charge in [0.2, 0.25) is 0 Å². The van der Waals surface area contributed by atoms with Crippen LogP contribution < -0.4 is 14.2 Å². The third-order valence-corrected chi connectivity index (χ3v) is 11.4. The molecule has 3 aromatic carbocycles. The van der Waals surface area contributed by atoms with Crippen LogP contribution in [0, 0.1) is 0 Å². The van der Waals surface area contributed by atoms with Crippen LogP contribution in [0.5, 0.6) is 28.7 Å². The van der Waals surface area contributed by atoms with Crippen LogP contribution >= 0.6 is 0 Å². The second-order valence-electron chi connectivity index (χ2n) is 17.0. The van der Waals surface area contributed by atoms with Crippen molar-refractivity contribution in [2.75, 3.05) is 19.8 Å². The highest BCUT2D eigenvalue weighted by atomic mass is 16.5. The molecule has 0 aliphatic rings. The second kappa shape index (κ2) is 34.6. The number of aromatic hydroxyl groups is 2. The molecule has 3 aromatic rings. The monoisotopic (exact) mass is 841 g/mol. The van der Waals surface area contributed by atoms with E-state index < -0.39 is 0 Å². The van der Waals surface area contributed by atoms with Gasteiger partial charge in [-0.2, -0.15) is 0 Å². The van der Waals surface area contributed by atoms with Crippen molar-refractivity contribution in [3.05, 3.63) is 65.7 Å². The average molecular weight is 841 g/mol. The van der Waals surface area contributed by atoms with Gasteiger partial charge in [-0.3, -0.25) is 9.98 Å². The minimum Gasteiger partial charge on any atom is -0.507 e. The van der Waals surface area contributed by atoms with E-state index in [0.29, 0.717) is 53.8 Å². The molecule has 0 unspecified atom stereocenters. The van der Waals surface area contributed by atoms with Crippen molar-refractivity contribution < 1.29 is 24.4 Å². The van der Waals surface area contributed by atoms with Crippen LogP contribution in [0.2, 0.25) is 0 Å². The van der Waals surface area contributed by atoms with Gasteiger partial charge in [-0.05, 0) is 55.7 Å². The van der Waals surface area contributed by atoms with E-state index in [1.165, 1.54) is 148 Å². The first-order valence-corrected chi connectivity index (χ1v) is 24.8. The molecular formula is C54H84N2O5. The molecule has 340 valence electrons. The van der Waals surface area contributed by atoms with E-state index in [1.54, 1.807) is 24.6 Å². The lowest BCUT2D eigenvalue weighted by Crippen LogP contribution is -1.98. The predicted octanol–water partition coefficient (Wildman–Crippen LogP) is 16.7. The topological polar surface area (TPSA) is 92.9 Å². The summed E-state index contributed by atoms with van der Waals surface area (Å²) < 4.78 is 18.1. The molecule has 0 saturated carbocycles. The Kier molecular flexibility index (Phi) is 29.1. The Morgan fingerprint density at radius 3 is 1.00 bits per heavy atom. The molecule has 0 spiro atoms.